The predicted molar refractivity (Wildman–Crippen MR) is 48.3 cm³/mol. The molecule has 1 aromatic rings. The molecule has 0 atom stereocenters. The Morgan fingerprint density at radius 2 is 2.00 bits per heavy atom. The molecule has 7 heteroatoms. The van der Waals surface area contributed by atoms with E-state index in [-0.39, 0.29) is 17.9 Å². The highest BCUT2D eigenvalue weighted by Gasteiger charge is 2.35. The Morgan fingerprint density at radius 1 is 1.38 bits per heavy atom. The van der Waals surface area contributed by atoms with E-state index in [4.69, 9.17) is 5.21 Å². The van der Waals surface area contributed by atoms with Crippen LogP contribution in [0.5, 0.6) is 11.5 Å². The zero-order chi connectivity index (χ0) is 12.3. The number of hydrogen-bond acceptors (Lipinski definition) is 4. The van der Waals surface area contributed by atoms with Gasteiger partial charge in [-0.15, -0.1) is 0 Å². The van der Waals surface area contributed by atoms with Crippen LogP contribution in [0.2, 0.25) is 0 Å². The molecule has 0 saturated heterocycles. The molecule has 0 radical (unpaired) electrons. The third-order valence-corrected chi connectivity index (χ3v) is 1.97. The van der Waals surface area contributed by atoms with E-state index in [1.807, 2.05) is 0 Å². The van der Waals surface area contributed by atoms with Crippen LogP contribution in [0, 0.1) is 0 Å². The normalized spacial score (nSPS) is 11.6. The van der Waals surface area contributed by atoms with Gasteiger partial charge in [0.25, 0.3) is 0 Å². The third-order valence-electron chi connectivity index (χ3n) is 1.97. The van der Waals surface area contributed by atoms with Crippen LogP contribution in [0.1, 0.15) is 11.1 Å². The zero-order valence-corrected chi connectivity index (χ0v) is 8.30. The van der Waals surface area contributed by atoms with Crippen molar-refractivity contribution in [3.8, 4) is 11.5 Å². The topological polar surface area (TPSA) is 61.7 Å². The molecular formula is C9H10F3NO3. The molecule has 0 bridgehead atoms. The number of halogens is 3. The van der Waals surface area contributed by atoms with Gasteiger partial charge in [0.2, 0.25) is 0 Å². The fourth-order valence-electron chi connectivity index (χ4n) is 1.22. The fourth-order valence-corrected chi connectivity index (χ4v) is 1.22. The van der Waals surface area contributed by atoms with Crippen molar-refractivity contribution >= 4 is 0 Å². The second kappa shape index (κ2) is 4.58. The first-order valence-corrected chi connectivity index (χ1v) is 4.24. The molecule has 0 aromatic heterocycles. The van der Waals surface area contributed by atoms with Crippen molar-refractivity contribution in [1.82, 2.24) is 5.48 Å². The summed E-state index contributed by atoms with van der Waals surface area (Å²) in [6, 6.07) is 1.89. The van der Waals surface area contributed by atoms with Crippen LogP contribution < -0.4 is 10.2 Å². The van der Waals surface area contributed by atoms with Gasteiger partial charge in [-0.25, -0.2) is 5.48 Å². The highest BCUT2D eigenvalue weighted by molar-refractivity contribution is 5.47. The van der Waals surface area contributed by atoms with Gasteiger partial charge in [-0.2, -0.15) is 13.2 Å². The molecule has 0 aliphatic carbocycles. The number of ether oxygens (including phenoxy) is 1. The Kier molecular flexibility index (Phi) is 3.61. The summed E-state index contributed by atoms with van der Waals surface area (Å²) >= 11 is 0. The first-order chi connectivity index (χ1) is 7.40. The minimum atomic E-state index is -4.68. The lowest BCUT2D eigenvalue weighted by atomic mass is 10.1. The zero-order valence-electron chi connectivity index (χ0n) is 8.30. The summed E-state index contributed by atoms with van der Waals surface area (Å²) in [5, 5.41) is 17.8. The average Bonchev–Trinajstić information content (AvgIpc) is 2.19. The third kappa shape index (κ3) is 2.56. The molecule has 0 saturated carbocycles. The number of alkyl halides is 3. The van der Waals surface area contributed by atoms with Gasteiger partial charge in [-0.3, -0.25) is 0 Å². The summed E-state index contributed by atoms with van der Waals surface area (Å²) in [4.78, 5) is 0. The molecule has 90 valence electrons. The number of methoxy groups -OCH3 is 1. The van der Waals surface area contributed by atoms with Crippen LogP contribution in [0.25, 0.3) is 0 Å². The second-order valence-corrected chi connectivity index (χ2v) is 3.02. The molecule has 0 unspecified atom stereocenters. The minimum Gasteiger partial charge on any atom is -0.507 e. The minimum absolute atomic E-state index is 0.0459. The molecule has 3 N–H and O–H groups in total. The molecule has 0 fully saturated rings. The lowest BCUT2D eigenvalue weighted by Gasteiger charge is -2.14. The fraction of sp³-hybridized carbons (Fsp3) is 0.333. The molecule has 16 heavy (non-hydrogen) atoms. The average molecular weight is 237 g/mol. The molecular weight excluding hydrogens is 227 g/mol. The number of phenolic OH excluding ortho intramolecular Hbond substituents is 1. The Labute approximate surface area is 89.2 Å². The lowest BCUT2D eigenvalue weighted by molar-refractivity contribution is -0.139. The maximum Gasteiger partial charge on any atom is 0.420 e. The van der Waals surface area contributed by atoms with E-state index in [9.17, 15) is 18.3 Å². The number of rotatable bonds is 3. The van der Waals surface area contributed by atoms with Crippen molar-refractivity contribution < 1.29 is 28.2 Å². The van der Waals surface area contributed by atoms with Crippen LogP contribution >= 0.6 is 0 Å². The molecule has 4 nitrogen and oxygen atoms in total. The highest BCUT2D eigenvalue weighted by atomic mass is 19.4. The number of phenols is 1. The molecule has 0 heterocycles. The summed E-state index contributed by atoms with van der Waals surface area (Å²) in [6.45, 7) is -0.313. The predicted octanol–water partition coefficient (Wildman–Crippen LogP) is 1.90. The maximum absolute atomic E-state index is 12.5. The Bertz CT molecular complexity index is 379. The molecule has 0 aliphatic rings. The Balaban J connectivity index is 3.31. The summed E-state index contributed by atoms with van der Waals surface area (Å²) in [6.07, 6.45) is -4.68. The van der Waals surface area contributed by atoms with E-state index in [1.54, 1.807) is 5.48 Å². The van der Waals surface area contributed by atoms with E-state index < -0.39 is 17.5 Å². The quantitative estimate of drug-likeness (QED) is 0.702. The number of nitrogens with one attached hydrogen (secondary N) is 1. The summed E-state index contributed by atoms with van der Waals surface area (Å²) in [5.41, 5.74) is 0.372. The van der Waals surface area contributed by atoms with Crippen molar-refractivity contribution in [3.63, 3.8) is 0 Å². The van der Waals surface area contributed by atoms with Gasteiger partial charge >= 0.3 is 6.18 Å². The largest absolute Gasteiger partial charge is 0.507 e. The molecule has 0 aliphatic heterocycles. The van der Waals surface area contributed by atoms with Gasteiger partial charge in [0, 0.05) is 12.1 Å². The standard InChI is InChI=1S/C9H10F3NO3/c1-16-6-2-5(4-13-15)8(14)7(3-6)9(10,11)12/h2-3,13-15H,4H2,1H3. The lowest BCUT2D eigenvalue weighted by Crippen LogP contribution is -2.11. The van der Waals surface area contributed by atoms with Crippen LogP contribution in [0.4, 0.5) is 13.2 Å². The number of benzene rings is 1. The van der Waals surface area contributed by atoms with Gasteiger partial charge < -0.3 is 15.1 Å². The van der Waals surface area contributed by atoms with Crippen LogP contribution in [0.15, 0.2) is 12.1 Å². The number of hydroxylamine groups is 1. The number of aromatic hydroxyl groups is 1. The molecule has 0 amide bonds. The van der Waals surface area contributed by atoms with Gasteiger partial charge in [-0.05, 0) is 12.1 Å². The van der Waals surface area contributed by atoms with Crippen LogP contribution in [0.3, 0.4) is 0 Å². The summed E-state index contributed by atoms with van der Waals surface area (Å²) in [5.74, 6) is -0.967. The first kappa shape index (κ1) is 12.6. The molecule has 0 spiro atoms. The molecule has 1 rings (SSSR count). The summed E-state index contributed by atoms with van der Waals surface area (Å²) < 4.78 is 42.1. The smallest absolute Gasteiger partial charge is 0.420 e. The Morgan fingerprint density at radius 3 is 2.44 bits per heavy atom. The van der Waals surface area contributed by atoms with Crippen molar-refractivity contribution in [1.29, 1.82) is 0 Å². The SMILES string of the molecule is COc1cc(CNO)c(O)c(C(F)(F)F)c1. The highest BCUT2D eigenvalue weighted by Crippen LogP contribution is 2.40. The number of hydrogen-bond donors (Lipinski definition) is 3. The van der Waals surface area contributed by atoms with Crippen molar-refractivity contribution in [2.45, 2.75) is 12.7 Å². The van der Waals surface area contributed by atoms with Gasteiger partial charge in [-0.1, -0.05) is 0 Å². The van der Waals surface area contributed by atoms with Crippen molar-refractivity contribution in [2.24, 2.45) is 0 Å². The summed E-state index contributed by atoms with van der Waals surface area (Å²) in [7, 11) is 1.21. The van der Waals surface area contributed by atoms with Crippen LogP contribution in [-0.2, 0) is 12.7 Å². The van der Waals surface area contributed by atoms with Crippen molar-refractivity contribution in [2.75, 3.05) is 7.11 Å². The first-order valence-electron chi connectivity index (χ1n) is 4.24. The second-order valence-electron chi connectivity index (χ2n) is 3.02. The Hall–Kier alpha value is -1.47. The van der Waals surface area contributed by atoms with Gasteiger partial charge in [0.1, 0.15) is 17.1 Å². The van der Waals surface area contributed by atoms with E-state index in [0.717, 1.165) is 0 Å². The van der Waals surface area contributed by atoms with Gasteiger partial charge in [0.15, 0.2) is 0 Å². The van der Waals surface area contributed by atoms with Crippen molar-refractivity contribution in [3.05, 3.63) is 23.3 Å². The van der Waals surface area contributed by atoms with E-state index in [0.29, 0.717) is 6.07 Å². The van der Waals surface area contributed by atoms with Crippen LogP contribution in [-0.4, -0.2) is 17.4 Å². The van der Waals surface area contributed by atoms with E-state index in [2.05, 4.69) is 4.74 Å². The monoisotopic (exact) mass is 237 g/mol. The molecule has 1 aromatic carbocycles. The maximum atomic E-state index is 12.5. The van der Waals surface area contributed by atoms with E-state index >= 15 is 0 Å². The van der Waals surface area contributed by atoms with E-state index in [1.165, 1.54) is 13.2 Å². The van der Waals surface area contributed by atoms with Gasteiger partial charge in [0.05, 0.1) is 7.11 Å².